The van der Waals surface area contributed by atoms with Crippen LogP contribution in [-0.2, 0) is 28.5 Å². The fourth-order valence-corrected chi connectivity index (χ4v) is 2.65. The van der Waals surface area contributed by atoms with E-state index >= 15 is 0 Å². The third-order valence-electron chi connectivity index (χ3n) is 3.90. The largest absolute Gasteiger partial charge is 0.466 e. The van der Waals surface area contributed by atoms with Gasteiger partial charge in [-0.15, -0.1) is 0 Å². The second-order valence-electron chi connectivity index (χ2n) is 5.59. The summed E-state index contributed by atoms with van der Waals surface area (Å²) >= 11 is 0. The number of carbonyl (C=O) groups is 1. The Morgan fingerprint density at radius 1 is 1.36 bits per heavy atom. The van der Waals surface area contributed by atoms with Crippen LogP contribution < -0.4 is 0 Å². The quantitative estimate of drug-likeness (QED) is 0.657. The molecule has 0 radical (unpaired) electrons. The molecule has 0 bridgehead atoms. The molecule has 2 fully saturated rings. The summed E-state index contributed by atoms with van der Waals surface area (Å²) in [4.78, 5) is 11.4. The standard InChI is InChI=1S/C14H24O8/c1-4-19-9(15)5-6-14(2)20-7-8-12(22-14)10(16)11(17)13(18-3)21-8/h8,10-13,16-17H,4-7H2,1-3H3/t8-,10-,11-,12-,13+,14+/m1/s1. The Balaban J connectivity index is 1.96. The second kappa shape index (κ2) is 7.20. The molecule has 0 aromatic rings. The summed E-state index contributed by atoms with van der Waals surface area (Å²) < 4.78 is 26.8. The Morgan fingerprint density at radius 3 is 2.73 bits per heavy atom. The van der Waals surface area contributed by atoms with Crippen LogP contribution in [0.15, 0.2) is 0 Å². The highest BCUT2D eigenvalue weighted by Gasteiger charge is 2.51. The Bertz CT molecular complexity index is 387. The molecule has 22 heavy (non-hydrogen) atoms. The predicted octanol–water partition coefficient (Wildman–Crippen LogP) is -0.446. The van der Waals surface area contributed by atoms with Crippen LogP contribution >= 0.6 is 0 Å². The van der Waals surface area contributed by atoms with Crippen LogP contribution in [0.2, 0.25) is 0 Å². The van der Waals surface area contributed by atoms with E-state index in [0.29, 0.717) is 6.61 Å². The van der Waals surface area contributed by atoms with Crippen LogP contribution in [0.1, 0.15) is 26.7 Å². The summed E-state index contributed by atoms with van der Waals surface area (Å²) in [6.45, 7) is 3.91. The van der Waals surface area contributed by atoms with Crippen molar-refractivity contribution in [3.05, 3.63) is 0 Å². The van der Waals surface area contributed by atoms with Crippen molar-refractivity contribution in [2.24, 2.45) is 0 Å². The van der Waals surface area contributed by atoms with Crippen molar-refractivity contribution in [1.82, 2.24) is 0 Å². The third kappa shape index (κ3) is 3.76. The third-order valence-corrected chi connectivity index (χ3v) is 3.90. The number of rotatable bonds is 5. The lowest BCUT2D eigenvalue weighted by Gasteiger charge is -2.49. The van der Waals surface area contributed by atoms with Crippen molar-refractivity contribution in [2.45, 2.75) is 63.2 Å². The lowest BCUT2D eigenvalue weighted by Crippen LogP contribution is -2.65. The fourth-order valence-electron chi connectivity index (χ4n) is 2.65. The first-order chi connectivity index (χ1) is 10.4. The Labute approximate surface area is 129 Å². The van der Waals surface area contributed by atoms with E-state index in [1.54, 1.807) is 13.8 Å². The van der Waals surface area contributed by atoms with E-state index in [4.69, 9.17) is 23.7 Å². The number of carbonyl (C=O) groups excluding carboxylic acids is 1. The van der Waals surface area contributed by atoms with E-state index in [-0.39, 0.29) is 25.4 Å². The summed E-state index contributed by atoms with van der Waals surface area (Å²) in [5, 5.41) is 20.1. The molecule has 6 atom stereocenters. The van der Waals surface area contributed by atoms with Gasteiger partial charge in [-0.05, 0) is 13.8 Å². The molecule has 0 saturated carbocycles. The molecule has 2 aliphatic heterocycles. The van der Waals surface area contributed by atoms with E-state index in [1.165, 1.54) is 7.11 Å². The maximum absolute atomic E-state index is 11.4. The molecule has 8 nitrogen and oxygen atoms in total. The Kier molecular flexibility index (Phi) is 5.76. The van der Waals surface area contributed by atoms with Gasteiger partial charge in [0.15, 0.2) is 12.1 Å². The van der Waals surface area contributed by atoms with Crippen LogP contribution in [0.25, 0.3) is 0 Å². The minimum absolute atomic E-state index is 0.141. The molecule has 2 saturated heterocycles. The normalized spacial score (nSPS) is 41.8. The van der Waals surface area contributed by atoms with E-state index in [1.807, 2.05) is 0 Å². The number of ether oxygens (including phenoxy) is 5. The average Bonchev–Trinajstić information content (AvgIpc) is 2.50. The fraction of sp³-hybridized carbons (Fsp3) is 0.929. The van der Waals surface area contributed by atoms with Gasteiger partial charge in [0.1, 0.15) is 24.4 Å². The molecule has 0 amide bonds. The molecule has 0 aromatic carbocycles. The van der Waals surface area contributed by atoms with Crippen molar-refractivity contribution in [1.29, 1.82) is 0 Å². The number of hydrogen-bond acceptors (Lipinski definition) is 8. The van der Waals surface area contributed by atoms with Gasteiger partial charge < -0.3 is 33.9 Å². The summed E-state index contributed by atoms with van der Waals surface area (Å²) in [6, 6.07) is 0. The molecule has 128 valence electrons. The Hall–Kier alpha value is -0.770. The van der Waals surface area contributed by atoms with Gasteiger partial charge in [0, 0.05) is 13.5 Å². The summed E-state index contributed by atoms with van der Waals surface area (Å²) in [5.41, 5.74) is 0. The first kappa shape index (κ1) is 17.6. The maximum atomic E-state index is 11.4. The highest BCUT2D eigenvalue weighted by Crippen LogP contribution is 2.34. The predicted molar refractivity (Wildman–Crippen MR) is 72.8 cm³/mol. The van der Waals surface area contributed by atoms with E-state index in [2.05, 4.69) is 0 Å². The number of esters is 1. The first-order valence-electron chi connectivity index (χ1n) is 7.42. The van der Waals surface area contributed by atoms with Gasteiger partial charge >= 0.3 is 5.97 Å². The molecule has 2 heterocycles. The zero-order valence-electron chi connectivity index (χ0n) is 13.1. The lowest BCUT2D eigenvalue weighted by molar-refractivity contribution is -0.385. The number of fused-ring (bicyclic) bond motifs is 1. The van der Waals surface area contributed by atoms with Crippen LogP contribution in [0.4, 0.5) is 0 Å². The number of aliphatic hydroxyl groups excluding tert-OH is 2. The van der Waals surface area contributed by atoms with Gasteiger partial charge in [-0.25, -0.2) is 0 Å². The molecule has 8 heteroatoms. The SMILES string of the molecule is CCOC(=O)CC[C@@]1(C)OC[C@H]2O[C@H](OC)[C@H](O)[C@@H](O)[C@@H]2O1. The van der Waals surface area contributed by atoms with Gasteiger partial charge in [0.05, 0.1) is 19.6 Å². The maximum Gasteiger partial charge on any atom is 0.305 e. The zero-order valence-corrected chi connectivity index (χ0v) is 13.1. The number of hydrogen-bond donors (Lipinski definition) is 2. The molecule has 0 unspecified atom stereocenters. The van der Waals surface area contributed by atoms with E-state index in [0.717, 1.165) is 0 Å². The molecular formula is C14H24O8. The van der Waals surface area contributed by atoms with Crippen molar-refractivity contribution in [2.75, 3.05) is 20.3 Å². The minimum Gasteiger partial charge on any atom is -0.466 e. The van der Waals surface area contributed by atoms with Crippen molar-refractivity contribution >= 4 is 5.97 Å². The number of methoxy groups -OCH3 is 1. The van der Waals surface area contributed by atoms with Gasteiger partial charge in [0.25, 0.3) is 0 Å². The van der Waals surface area contributed by atoms with Gasteiger partial charge in [-0.3, -0.25) is 4.79 Å². The molecule has 0 aliphatic carbocycles. The first-order valence-corrected chi connectivity index (χ1v) is 7.42. The molecule has 2 aliphatic rings. The van der Waals surface area contributed by atoms with E-state index < -0.39 is 36.5 Å². The molecule has 0 aromatic heterocycles. The van der Waals surface area contributed by atoms with Gasteiger partial charge in [-0.1, -0.05) is 0 Å². The molecule has 2 N–H and O–H groups in total. The lowest BCUT2D eigenvalue weighted by atomic mass is 9.96. The highest BCUT2D eigenvalue weighted by molar-refractivity contribution is 5.69. The van der Waals surface area contributed by atoms with Gasteiger partial charge in [0.2, 0.25) is 0 Å². The second-order valence-corrected chi connectivity index (χ2v) is 5.59. The smallest absolute Gasteiger partial charge is 0.305 e. The highest BCUT2D eigenvalue weighted by atomic mass is 16.8. The topological polar surface area (TPSA) is 104 Å². The number of aliphatic hydroxyl groups is 2. The zero-order chi connectivity index (χ0) is 16.3. The summed E-state index contributed by atoms with van der Waals surface area (Å²) in [6.07, 6.45) is -4.16. The van der Waals surface area contributed by atoms with Crippen LogP contribution in [0.3, 0.4) is 0 Å². The molecule has 2 rings (SSSR count). The van der Waals surface area contributed by atoms with Gasteiger partial charge in [-0.2, -0.15) is 0 Å². The molecule has 0 spiro atoms. The Morgan fingerprint density at radius 2 is 2.09 bits per heavy atom. The van der Waals surface area contributed by atoms with Crippen molar-refractivity contribution in [3.8, 4) is 0 Å². The summed E-state index contributed by atoms with van der Waals surface area (Å²) in [5.74, 6) is -1.38. The average molecular weight is 320 g/mol. The summed E-state index contributed by atoms with van der Waals surface area (Å²) in [7, 11) is 1.38. The van der Waals surface area contributed by atoms with Crippen LogP contribution in [-0.4, -0.2) is 73.0 Å². The van der Waals surface area contributed by atoms with Crippen molar-refractivity contribution in [3.63, 3.8) is 0 Å². The molecular weight excluding hydrogens is 296 g/mol. The monoisotopic (exact) mass is 320 g/mol. The van der Waals surface area contributed by atoms with Crippen LogP contribution in [0.5, 0.6) is 0 Å². The van der Waals surface area contributed by atoms with Crippen molar-refractivity contribution < 1.29 is 38.7 Å². The van der Waals surface area contributed by atoms with E-state index in [9.17, 15) is 15.0 Å². The van der Waals surface area contributed by atoms with Crippen LogP contribution in [0, 0.1) is 0 Å². The minimum atomic E-state index is -1.21.